The zero-order valence-corrected chi connectivity index (χ0v) is 19.5. The molecule has 0 aliphatic heterocycles. The summed E-state index contributed by atoms with van der Waals surface area (Å²) in [5.41, 5.74) is -4.75. The molecule has 33 heavy (non-hydrogen) atoms. The quantitative estimate of drug-likeness (QED) is 0.633. The van der Waals surface area contributed by atoms with Gasteiger partial charge in [-0.2, -0.15) is 13.2 Å². The fourth-order valence-corrected chi connectivity index (χ4v) is 5.64. The third kappa shape index (κ3) is 4.47. The number of aliphatic hydroxyl groups is 1. The van der Waals surface area contributed by atoms with Crippen molar-refractivity contribution in [1.82, 2.24) is 0 Å². The van der Waals surface area contributed by atoms with Crippen LogP contribution < -0.4 is 0 Å². The molecule has 1 saturated carbocycles. The lowest BCUT2D eigenvalue weighted by molar-refractivity contribution is -0.281. The fraction of sp³-hybridized carbons (Fsp3) is 0.600. The van der Waals surface area contributed by atoms with Crippen molar-refractivity contribution in [1.29, 1.82) is 0 Å². The zero-order chi connectivity index (χ0) is 24.8. The minimum Gasteiger partial charge on any atom is -0.459 e. The van der Waals surface area contributed by atoms with Gasteiger partial charge in [-0.25, -0.2) is 4.79 Å². The van der Waals surface area contributed by atoms with Crippen molar-refractivity contribution in [3.63, 3.8) is 0 Å². The molecule has 0 heterocycles. The number of allylic oxidation sites excluding steroid dienone is 2. The van der Waals surface area contributed by atoms with Gasteiger partial charge in [0.25, 0.3) is 5.60 Å². The van der Waals surface area contributed by atoms with Crippen molar-refractivity contribution in [3.8, 4) is 0 Å². The summed E-state index contributed by atoms with van der Waals surface area (Å²) in [7, 11) is 0.821. The van der Waals surface area contributed by atoms with Gasteiger partial charge in [-0.3, -0.25) is 4.79 Å². The Bertz CT molecular complexity index is 934. The van der Waals surface area contributed by atoms with Crippen molar-refractivity contribution in [2.24, 2.45) is 17.3 Å². The second kappa shape index (κ2) is 8.55. The molecule has 0 unspecified atom stereocenters. The van der Waals surface area contributed by atoms with Gasteiger partial charge in [-0.15, -0.1) is 0 Å². The highest BCUT2D eigenvalue weighted by Crippen LogP contribution is 2.54. The summed E-state index contributed by atoms with van der Waals surface area (Å²) in [6, 6.07) is 6.64. The molecule has 0 bridgehead atoms. The van der Waals surface area contributed by atoms with Crippen LogP contribution in [0, 0.1) is 17.3 Å². The van der Waals surface area contributed by atoms with E-state index < -0.39 is 46.3 Å². The lowest BCUT2D eigenvalue weighted by atomic mass is 9.55. The van der Waals surface area contributed by atoms with E-state index in [4.69, 9.17) is 9.47 Å². The minimum absolute atomic E-state index is 0.0505. The van der Waals surface area contributed by atoms with Crippen LogP contribution >= 0.6 is 0 Å². The SMILES string of the molecule is CO[C@](C(=O)O[C@@H]1C[C@@]2(C)CC(=O)C=C(C)[C@@H]2C[C@H]1C(C)(C)O)(c1ccccc1)C(F)(F)F. The van der Waals surface area contributed by atoms with Gasteiger partial charge in [0, 0.05) is 25.0 Å². The van der Waals surface area contributed by atoms with E-state index in [0.29, 0.717) is 6.42 Å². The first-order chi connectivity index (χ1) is 15.2. The number of rotatable bonds is 5. The minimum atomic E-state index is -5.09. The maximum absolute atomic E-state index is 14.3. The third-order valence-electron chi connectivity index (χ3n) is 7.30. The Labute approximate surface area is 192 Å². The van der Waals surface area contributed by atoms with Crippen molar-refractivity contribution in [2.75, 3.05) is 7.11 Å². The molecule has 1 N–H and O–H groups in total. The summed E-state index contributed by atoms with van der Waals surface area (Å²) < 4.78 is 53.4. The fourth-order valence-electron chi connectivity index (χ4n) is 5.64. The number of alkyl halides is 3. The number of methoxy groups -OCH3 is 1. The monoisotopic (exact) mass is 468 g/mol. The predicted molar refractivity (Wildman–Crippen MR) is 115 cm³/mol. The number of halogens is 3. The molecule has 5 nitrogen and oxygen atoms in total. The molecule has 0 aromatic heterocycles. The molecule has 0 radical (unpaired) electrons. The Hall–Kier alpha value is -2.19. The maximum atomic E-state index is 14.3. The second-order valence-corrected chi connectivity index (χ2v) is 10.1. The smallest absolute Gasteiger partial charge is 0.432 e. The summed E-state index contributed by atoms with van der Waals surface area (Å²) in [5.74, 6) is -2.33. The van der Waals surface area contributed by atoms with E-state index >= 15 is 0 Å². The molecule has 1 aromatic rings. The van der Waals surface area contributed by atoms with Crippen molar-refractivity contribution < 1.29 is 37.3 Å². The molecule has 8 heteroatoms. The van der Waals surface area contributed by atoms with Crippen molar-refractivity contribution >= 4 is 11.8 Å². The molecule has 182 valence electrons. The standard InChI is InChI=1S/C25H31F3O5/c1-15-11-17(29)13-23(4)14-20(19(12-18(15)23)22(2,3)31)33-21(30)24(32-5,25(26,27)28)16-9-7-6-8-10-16/h6-11,18-20,31H,12-14H2,1-5H3/t18-,19+,20+,23+,24-/m0/s1. The largest absolute Gasteiger partial charge is 0.459 e. The van der Waals surface area contributed by atoms with Gasteiger partial charge < -0.3 is 14.6 Å². The molecule has 0 saturated heterocycles. The first kappa shape index (κ1) is 25.4. The molecule has 1 aromatic carbocycles. The number of carbonyl (C=O) groups is 2. The lowest BCUT2D eigenvalue weighted by Crippen LogP contribution is -2.57. The summed E-state index contributed by atoms with van der Waals surface area (Å²) in [4.78, 5) is 25.5. The van der Waals surface area contributed by atoms with Gasteiger partial charge in [-0.05, 0) is 51.0 Å². The van der Waals surface area contributed by atoms with E-state index in [2.05, 4.69) is 0 Å². The molecule has 1 fully saturated rings. The molecule has 2 aliphatic carbocycles. The van der Waals surface area contributed by atoms with Crippen LogP contribution in [0.1, 0.15) is 52.5 Å². The first-order valence-electron chi connectivity index (χ1n) is 11.0. The number of carbonyl (C=O) groups excluding carboxylic acids is 2. The summed E-state index contributed by atoms with van der Waals surface area (Å²) in [5, 5.41) is 10.8. The molecule has 0 spiro atoms. The molecule has 2 aliphatic rings. The van der Waals surface area contributed by atoms with E-state index in [1.165, 1.54) is 18.2 Å². The lowest BCUT2D eigenvalue weighted by Gasteiger charge is -2.52. The third-order valence-corrected chi connectivity index (χ3v) is 7.30. The molecule has 3 rings (SSSR count). The highest BCUT2D eigenvalue weighted by atomic mass is 19.4. The van der Waals surface area contributed by atoms with Crippen LogP contribution in [0.25, 0.3) is 0 Å². The molecular weight excluding hydrogens is 437 g/mol. The predicted octanol–water partition coefficient (Wildman–Crippen LogP) is 4.72. The number of esters is 1. The Morgan fingerprint density at radius 2 is 1.79 bits per heavy atom. The first-order valence-corrected chi connectivity index (χ1v) is 11.0. The van der Waals surface area contributed by atoms with Crippen LogP contribution in [0.2, 0.25) is 0 Å². The Balaban J connectivity index is 2.02. The van der Waals surface area contributed by atoms with Crippen LogP contribution in [-0.2, 0) is 24.7 Å². The molecule has 5 atom stereocenters. The number of fused-ring (bicyclic) bond motifs is 1. The molecule has 0 amide bonds. The van der Waals surface area contributed by atoms with E-state index in [1.807, 2.05) is 13.8 Å². The highest BCUT2D eigenvalue weighted by molar-refractivity contribution is 5.92. The maximum Gasteiger partial charge on any atom is 0.432 e. The summed E-state index contributed by atoms with van der Waals surface area (Å²) in [6.07, 6.45) is -3.79. The van der Waals surface area contributed by atoms with Crippen molar-refractivity contribution in [3.05, 3.63) is 47.5 Å². The Morgan fingerprint density at radius 1 is 1.18 bits per heavy atom. The van der Waals surface area contributed by atoms with Crippen LogP contribution in [-0.4, -0.2) is 41.9 Å². The normalized spacial score (nSPS) is 30.2. The van der Waals surface area contributed by atoms with Gasteiger partial charge in [0.05, 0.1) is 5.60 Å². The van der Waals surface area contributed by atoms with Crippen molar-refractivity contribution in [2.45, 2.75) is 70.4 Å². The number of benzene rings is 1. The summed E-state index contributed by atoms with van der Waals surface area (Å²) in [6.45, 7) is 6.85. The van der Waals surface area contributed by atoms with Gasteiger partial charge in [-0.1, -0.05) is 42.8 Å². The Morgan fingerprint density at radius 3 is 2.30 bits per heavy atom. The van der Waals surface area contributed by atoms with E-state index in [1.54, 1.807) is 19.9 Å². The topological polar surface area (TPSA) is 72.8 Å². The number of hydrogen-bond acceptors (Lipinski definition) is 5. The second-order valence-electron chi connectivity index (χ2n) is 10.1. The zero-order valence-electron chi connectivity index (χ0n) is 19.5. The van der Waals surface area contributed by atoms with Gasteiger partial charge in [0.2, 0.25) is 0 Å². The van der Waals surface area contributed by atoms with Crippen LogP contribution in [0.5, 0.6) is 0 Å². The van der Waals surface area contributed by atoms with E-state index in [-0.39, 0.29) is 24.5 Å². The molecular formula is C25H31F3O5. The summed E-state index contributed by atoms with van der Waals surface area (Å²) >= 11 is 0. The average Bonchev–Trinajstić information content (AvgIpc) is 2.66. The van der Waals surface area contributed by atoms with Crippen LogP contribution in [0.4, 0.5) is 13.2 Å². The van der Waals surface area contributed by atoms with Gasteiger partial charge in [0.1, 0.15) is 6.10 Å². The highest BCUT2D eigenvalue weighted by Gasteiger charge is 2.65. The van der Waals surface area contributed by atoms with E-state index in [0.717, 1.165) is 24.8 Å². The number of ketones is 1. The van der Waals surface area contributed by atoms with Crippen LogP contribution in [0.3, 0.4) is 0 Å². The number of hydrogen-bond donors (Lipinski definition) is 1. The van der Waals surface area contributed by atoms with Crippen LogP contribution in [0.15, 0.2) is 42.0 Å². The van der Waals surface area contributed by atoms with E-state index in [9.17, 15) is 27.9 Å². The van der Waals surface area contributed by atoms with Gasteiger partial charge in [0.15, 0.2) is 5.78 Å². The average molecular weight is 469 g/mol. The number of ether oxygens (including phenoxy) is 2. The Kier molecular flexibility index (Phi) is 6.59. The van der Waals surface area contributed by atoms with Gasteiger partial charge >= 0.3 is 12.1 Å².